The van der Waals surface area contributed by atoms with Gasteiger partial charge < -0.3 is 20.3 Å². The van der Waals surface area contributed by atoms with Crippen molar-refractivity contribution in [3.05, 3.63) is 23.8 Å². The summed E-state index contributed by atoms with van der Waals surface area (Å²) in [6.45, 7) is 0.935. The molecule has 2 atom stereocenters. The van der Waals surface area contributed by atoms with Crippen molar-refractivity contribution in [2.45, 2.75) is 24.9 Å². The first-order chi connectivity index (χ1) is 10.1. The summed E-state index contributed by atoms with van der Waals surface area (Å²) in [6, 6.07) is 3.10. The number of phenols is 2. The minimum absolute atomic E-state index is 0.198. The number of urea groups is 1. The summed E-state index contributed by atoms with van der Waals surface area (Å²) in [5, 5.41) is 21.4. The van der Waals surface area contributed by atoms with Crippen molar-refractivity contribution in [3.8, 4) is 11.5 Å². The number of aromatic hydroxyl groups is 2. The van der Waals surface area contributed by atoms with Crippen molar-refractivity contribution in [1.82, 2.24) is 10.2 Å². The molecule has 7 nitrogen and oxygen atoms in total. The van der Waals surface area contributed by atoms with Crippen LogP contribution in [-0.4, -0.2) is 52.3 Å². The highest BCUT2D eigenvalue weighted by atomic mass is 16.5. The lowest BCUT2D eigenvalue weighted by Crippen LogP contribution is -2.41. The molecule has 0 aliphatic carbocycles. The molecule has 7 heteroatoms. The Bertz CT molecular complexity index is 583. The van der Waals surface area contributed by atoms with Crippen LogP contribution in [0.25, 0.3) is 0 Å². The summed E-state index contributed by atoms with van der Waals surface area (Å²) in [5.74, 6) is -0.737. The zero-order valence-electron chi connectivity index (χ0n) is 11.3. The molecule has 2 fully saturated rings. The Morgan fingerprint density at radius 2 is 2.10 bits per heavy atom. The quantitative estimate of drug-likeness (QED) is 0.551. The number of amides is 3. The van der Waals surface area contributed by atoms with Crippen LogP contribution in [-0.2, 0) is 16.0 Å². The van der Waals surface area contributed by atoms with E-state index >= 15 is 0 Å². The molecule has 3 amide bonds. The molecule has 1 aromatic carbocycles. The van der Waals surface area contributed by atoms with Crippen LogP contribution in [0.5, 0.6) is 11.5 Å². The Morgan fingerprint density at radius 3 is 2.76 bits per heavy atom. The van der Waals surface area contributed by atoms with Gasteiger partial charge >= 0.3 is 6.03 Å². The van der Waals surface area contributed by atoms with Crippen LogP contribution >= 0.6 is 0 Å². The first-order valence-corrected chi connectivity index (χ1v) is 6.78. The molecule has 2 heterocycles. The van der Waals surface area contributed by atoms with Gasteiger partial charge in [-0.3, -0.25) is 9.69 Å². The first-order valence-electron chi connectivity index (χ1n) is 6.78. The van der Waals surface area contributed by atoms with Gasteiger partial charge in [0.1, 0.15) is 6.04 Å². The number of ether oxygens (including phenoxy) is 1. The summed E-state index contributed by atoms with van der Waals surface area (Å²) in [6.07, 6.45) is 0.925. The zero-order valence-corrected chi connectivity index (χ0v) is 11.3. The minimum atomic E-state index is -0.651. The fraction of sp³-hybridized carbons (Fsp3) is 0.429. The van der Waals surface area contributed by atoms with Gasteiger partial charge in [0.05, 0.1) is 12.6 Å². The number of hydrogen-bond donors (Lipinski definition) is 3. The molecule has 2 unspecified atom stereocenters. The van der Waals surface area contributed by atoms with Gasteiger partial charge in [-0.1, -0.05) is 6.07 Å². The van der Waals surface area contributed by atoms with E-state index in [4.69, 9.17) is 4.74 Å². The van der Waals surface area contributed by atoms with Gasteiger partial charge in [0.2, 0.25) is 0 Å². The van der Waals surface area contributed by atoms with Gasteiger partial charge in [-0.25, -0.2) is 4.79 Å². The lowest BCUT2D eigenvalue weighted by molar-refractivity contribution is -0.129. The molecule has 3 rings (SSSR count). The summed E-state index contributed by atoms with van der Waals surface area (Å²) in [4.78, 5) is 25.5. The average molecular weight is 292 g/mol. The van der Waals surface area contributed by atoms with Crippen molar-refractivity contribution in [1.29, 1.82) is 0 Å². The minimum Gasteiger partial charge on any atom is -0.504 e. The smallest absolute Gasteiger partial charge is 0.325 e. The van der Waals surface area contributed by atoms with Crippen molar-refractivity contribution in [2.75, 3.05) is 13.2 Å². The molecule has 1 aromatic rings. The maximum atomic E-state index is 12.3. The van der Waals surface area contributed by atoms with Crippen LogP contribution in [0, 0.1) is 0 Å². The van der Waals surface area contributed by atoms with Crippen molar-refractivity contribution < 1.29 is 24.5 Å². The summed E-state index contributed by atoms with van der Waals surface area (Å²) >= 11 is 0. The molecule has 21 heavy (non-hydrogen) atoms. The first kappa shape index (κ1) is 13.7. The second kappa shape index (κ2) is 5.25. The van der Waals surface area contributed by atoms with E-state index in [0.29, 0.717) is 25.2 Å². The maximum absolute atomic E-state index is 12.3. The standard InChI is InChI=1S/C14H16N2O5/c17-11-2-1-8(6-12(11)18)5-10-13(19)16(14(20)15-10)9-3-4-21-7-9/h1-2,6,9-10,17-18H,3-5,7H2,(H,15,20). The molecule has 112 valence electrons. The Kier molecular flexibility index (Phi) is 3.42. The lowest BCUT2D eigenvalue weighted by Gasteiger charge is -2.19. The van der Waals surface area contributed by atoms with Crippen molar-refractivity contribution >= 4 is 11.9 Å². The van der Waals surface area contributed by atoms with Gasteiger partial charge in [-0.15, -0.1) is 0 Å². The SMILES string of the molecule is O=C1NC(Cc2ccc(O)c(O)c2)C(=O)N1C1CCOC1. The molecular weight excluding hydrogens is 276 g/mol. The molecule has 0 saturated carbocycles. The number of carbonyl (C=O) groups excluding carboxylic acids is 2. The molecule has 0 spiro atoms. The van der Waals surface area contributed by atoms with Crippen LogP contribution < -0.4 is 5.32 Å². The highest BCUT2D eigenvalue weighted by Gasteiger charge is 2.43. The molecule has 3 N–H and O–H groups in total. The molecule has 2 aliphatic heterocycles. The van der Waals surface area contributed by atoms with E-state index < -0.39 is 12.1 Å². The lowest BCUT2D eigenvalue weighted by atomic mass is 10.0. The van der Waals surface area contributed by atoms with Gasteiger partial charge in [-0.05, 0) is 24.1 Å². The largest absolute Gasteiger partial charge is 0.504 e. The van der Waals surface area contributed by atoms with E-state index in [9.17, 15) is 19.8 Å². The van der Waals surface area contributed by atoms with Crippen LogP contribution in [0.3, 0.4) is 0 Å². The highest BCUT2D eigenvalue weighted by molar-refractivity contribution is 6.04. The van der Waals surface area contributed by atoms with Gasteiger partial charge in [-0.2, -0.15) is 0 Å². The van der Waals surface area contributed by atoms with Gasteiger partial charge in [0.25, 0.3) is 5.91 Å². The molecule has 0 bridgehead atoms. The number of hydrogen-bond acceptors (Lipinski definition) is 5. The fourth-order valence-corrected chi connectivity index (χ4v) is 2.69. The summed E-state index contributed by atoms with van der Waals surface area (Å²) in [5.41, 5.74) is 0.661. The number of benzene rings is 1. The topological polar surface area (TPSA) is 99.1 Å². The zero-order chi connectivity index (χ0) is 15.0. The van der Waals surface area contributed by atoms with Crippen LogP contribution in [0.1, 0.15) is 12.0 Å². The Labute approximate surface area is 121 Å². The van der Waals surface area contributed by atoms with Gasteiger partial charge in [0.15, 0.2) is 11.5 Å². The number of imide groups is 1. The maximum Gasteiger partial charge on any atom is 0.325 e. The van der Waals surface area contributed by atoms with Crippen molar-refractivity contribution in [3.63, 3.8) is 0 Å². The Morgan fingerprint density at radius 1 is 1.29 bits per heavy atom. The van der Waals surface area contributed by atoms with Crippen LogP contribution in [0.4, 0.5) is 4.79 Å². The monoisotopic (exact) mass is 292 g/mol. The van der Waals surface area contributed by atoms with E-state index in [1.165, 1.54) is 17.0 Å². The average Bonchev–Trinajstić information content (AvgIpc) is 3.04. The number of carbonyl (C=O) groups is 2. The summed E-state index contributed by atoms with van der Waals surface area (Å²) < 4.78 is 5.21. The second-order valence-electron chi connectivity index (χ2n) is 5.25. The molecule has 0 radical (unpaired) electrons. The van der Waals surface area contributed by atoms with E-state index in [0.717, 1.165) is 0 Å². The molecule has 0 aromatic heterocycles. The predicted octanol–water partition coefficient (Wildman–Crippen LogP) is 0.350. The third kappa shape index (κ3) is 2.52. The van der Waals surface area contributed by atoms with Crippen LogP contribution in [0.15, 0.2) is 18.2 Å². The van der Waals surface area contributed by atoms with E-state index in [-0.39, 0.29) is 29.9 Å². The number of nitrogens with one attached hydrogen (secondary N) is 1. The van der Waals surface area contributed by atoms with E-state index in [1.54, 1.807) is 6.07 Å². The normalized spacial score (nSPS) is 25.4. The van der Waals surface area contributed by atoms with Gasteiger partial charge in [0, 0.05) is 13.0 Å². The molecular formula is C14H16N2O5. The van der Waals surface area contributed by atoms with Crippen LogP contribution in [0.2, 0.25) is 0 Å². The summed E-state index contributed by atoms with van der Waals surface area (Å²) in [7, 11) is 0. The molecule has 2 saturated heterocycles. The predicted molar refractivity (Wildman–Crippen MR) is 71.9 cm³/mol. The number of rotatable bonds is 3. The highest BCUT2D eigenvalue weighted by Crippen LogP contribution is 2.26. The molecule has 2 aliphatic rings. The van der Waals surface area contributed by atoms with E-state index in [2.05, 4.69) is 5.32 Å². The Hall–Kier alpha value is -2.28. The third-order valence-corrected chi connectivity index (χ3v) is 3.80. The second-order valence-corrected chi connectivity index (χ2v) is 5.25. The number of nitrogens with zero attached hydrogens (tertiary/aromatic N) is 1. The number of phenolic OH excluding ortho intramolecular Hbond substituents is 2. The van der Waals surface area contributed by atoms with E-state index in [1.807, 2.05) is 0 Å². The third-order valence-electron chi connectivity index (χ3n) is 3.80. The fourth-order valence-electron chi connectivity index (χ4n) is 2.69. The Balaban J connectivity index is 1.73. The van der Waals surface area contributed by atoms with Crippen molar-refractivity contribution in [2.24, 2.45) is 0 Å².